The number of aromatic amines is 1. The topological polar surface area (TPSA) is 104 Å². The average Bonchev–Trinajstić information content (AvgIpc) is 3.02. The minimum absolute atomic E-state index is 0.0282. The smallest absolute Gasteiger partial charge is 0.270 e. The molecule has 7 heteroatoms. The number of amides is 1. The third kappa shape index (κ3) is 4.12. The van der Waals surface area contributed by atoms with E-state index in [9.17, 15) is 4.79 Å². The molecule has 0 aromatic carbocycles. The van der Waals surface area contributed by atoms with Crippen molar-refractivity contribution in [2.24, 2.45) is 0 Å². The summed E-state index contributed by atoms with van der Waals surface area (Å²) < 4.78 is 0. The van der Waals surface area contributed by atoms with Gasteiger partial charge in [0.2, 0.25) is 0 Å². The van der Waals surface area contributed by atoms with Gasteiger partial charge in [0.15, 0.2) is 0 Å². The zero-order chi connectivity index (χ0) is 15.1. The van der Waals surface area contributed by atoms with E-state index in [4.69, 9.17) is 5.11 Å². The Hall–Kier alpha value is -2.72. The van der Waals surface area contributed by atoms with E-state index in [1.165, 1.54) is 12.5 Å². The van der Waals surface area contributed by atoms with Crippen LogP contribution in [0, 0.1) is 11.8 Å². The number of hydrogen-bond donors (Lipinski definition) is 3. The molecule has 2 rings (SSSR count). The number of rotatable bonds is 4. The molecule has 0 spiro atoms. The zero-order valence-electron chi connectivity index (χ0n) is 11.5. The van der Waals surface area contributed by atoms with Gasteiger partial charge < -0.3 is 10.4 Å². The van der Waals surface area contributed by atoms with Crippen LogP contribution in [0.1, 0.15) is 41.3 Å². The Morgan fingerprint density at radius 2 is 2.33 bits per heavy atom. The number of aliphatic hydroxyl groups is 1. The maximum atomic E-state index is 12.0. The molecule has 0 aliphatic carbocycles. The SMILES string of the molecule is CC(NC(=O)c1ccc(C#CCCO)cn1)c1ncn[nH]1. The lowest BCUT2D eigenvalue weighted by molar-refractivity contribution is 0.0933. The second-order valence-electron chi connectivity index (χ2n) is 4.27. The molecule has 0 radical (unpaired) electrons. The van der Waals surface area contributed by atoms with Crippen LogP contribution in [0.5, 0.6) is 0 Å². The summed E-state index contributed by atoms with van der Waals surface area (Å²) >= 11 is 0. The van der Waals surface area contributed by atoms with Crippen LogP contribution in [0.2, 0.25) is 0 Å². The molecule has 0 bridgehead atoms. The van der Waals surface area contributed by atoms with Crippen LogP contribution in [0.15, 0.2) is 24.7 Å². The number of H-pyrrole nitrogens is 1. The fraction of sp³-hybridized carbons (Fsp3) is 0.286. The highest BCUT2D eigenvalue weighted by atomic mass is 16.2. The highest BCUT2D eigenvalue weighted by molar-refractivity contribution is 5.92. The van der Waals surface area contributed by atoms with E-state index < -0.39 is 0 Å². The maximum Gasteiger partial charge on any atom is 0.270 e. The lowest BCUT2D eigenvalue weighted by atomic mass is 10.2. The lowest BCUT2D eigenvalue weighted by Gasteiger charge is -2.10. The first-order valence-corrected chi connectivity index (χ1v) is 6.42. The fourth-order valence-corrected chi connectivity index (χ4v) is 1.59. The summed E-state index contributed by atoms with van der Waals surface area (Å²) in [6, 6.07) is 3.03. The highest BCUT2D eigenvalue weighted by Gasteiger charge is 2.14. The van der Waals surface area contributed by atoms with Gasteiger partial charge in [-0.2, -0.15) is 5.10 Å². The molecule has 1 atom stereocenters. The number of carbonyl (C=O) groups is 1. The summed E-state index contributed by atoms with van der Waals surface area (Å²) in [5.41, 5.74) is 0.998. The third-order valence-electron chi connectivity index (χ3n) is 2.66. The summed E-state index contributed by atoms with van der Waals surface area (Å²) in [6.45, 7) is 1.83. The van der Waals surface area contributed by atoms with E-state index in [0.717, 1.165) is 0 Å². The first kappa shape index (κ1) is 14.7. The van der Waals surface area contributed by atoms with Gasteiger partial charge in [-0.15, -0.1) is 0 Å². The summed E-state index contributed by atoms with van der Waals surface area (Å²) in [7, 11) is 0. The number of pyridine rings is 1. The average molecular weight is 285 g/mol. The first-order valence-electron chi connectivity index (χ1n) is 6.42. The number of aromatic nitrogens is 4. The summed E-state index contributed by atoms with van der Waals surface area (Å²) in [5.74, 6) is 5.92. The normalized spacial score (nSPS) is 11.3. The number of hydrogen-bond acceptors (Lipinski definition) is 5. The zero-order valence-corrected chi connectivity index (χ0v) is 11.5. The van der Waals surface area contributed by atoms with Crippen molar-refractivity contribution < 1.29 is 9.90 Å². The molecule has 0 saturated carbocycles. The van der Waals surface area contributed by atoms with Crippen LogP contribution in [0.3, 0.4) is 0 Å². The Labute approximate surface area is 121 Å². The molecular formula is C14H15N5O2. The lowest BCUT2D eigenvalue weighted by Crippen LogP contribution is -2.28. The minimum atomic E-state index is -0.297. The van der Waals surface area contributed by atoms with E-state index in [-0.39, 0.29) is 18.6 Å². The third-order valence-corrected chi connectivity index (χ3v) is 2.66. The molecule has 1 unspecified atom stereocenters. The van der Waals surface area contributed by atoms with E-state index >= 15 is 0 Å². The molecule has 108 valence electrons. The van der Waals surface area contributed by atoms with Gasteiger partial charge in [-0.1, -0.05) is 11.8 Å². The van der Waals surface area contributed by atoms with Gasteiger partial charge in [-0.05, 0) is 19.1 Å². The largest absolute Gasteiger partial charge is 0.395 e. The van der Waals surface area contributed by atoms with Gasteiger partial charge in [0.05, 0.1) is 12.6 Å². The Morgan fingerprint density at radius 1 is 1.48 bits per heavy atom. The summed E-state index contributed by atoms with van der Waals surface area (Å²) in [5, 5.41) is 17.8. The molecule has 21 heavy (non-hydrogen) atoms. The van der Waals surface area contributed by atoms with Crippen LogP contribution >= 0.6 is 0 Å². The molecule has 1 amide bonds. The van der Waals surface area contributed by atoms with Crippen LogP contribution < -0.4 is 5.32 Å². The van der Waals surface area contributed by atoms with Gasteiger partial charge >= 0.3 is 0 Å². The van der Waals surface area contributed by atoms with Gasteiger partial charge in [0, 0.05) is 18.2 Å². The second kappa shape index (κ2) is 7.17. The van der Waals surface area contributed by atoms with E-state index in [1.807, 2.05) is 0 Å². The number of carbonyl (C=O) groups excluding carboxylic acids is 1. The first-order chi connectivity index (χ1) is 10.2. The van der Waals surface area contributed by atoms with Crippen molar-refractivity contribution in [2.45, 2.75) is 19.4 Å². The Bertz CT molecular complexity index is 640. The van der Waals surface area contributed by atoms with Crippen molar-refractivity contribution in [1.82, 2.24) is 25.5 Å². The molecule has 2 heterocycles. The molecular weight excluding hydrogens is 270 g/mol. The van der Waals surface area contributed by atoms with Crippen molar-refractivity contribution in [2.75, 3.05) is 6.61 Å². The van der Waals surface area contributed by atoms with Crippen molar-refractivity contribution in [3.63, 3.8) is 0 Å². The molecule has 0 aliphatic rings. The number of nitrogens with one attached hydrogen (secondary N) is 2. The number of nitrogens with zero attached hydrogens (tertiary/aromatic N) is 3. The Morgan fingerprint density at radius 3 is 2.95 bits per heavy atom. The van der Waals surface area contributed by atoms with Crippen LogP contribution in [-0.2, 0) is 0 Å². The number of aliphatic hydroxyl groups excluding tert-OH is 1. The van der Waals surface area contributed by atoms with E-state index in [2.05, 4.69) is 37.3 Å². The van der Waals surface area contributed by atoms with Gasteiger partial charge in [0.25, 0.3) is 5.91 Å². The fourth-order valence-electron chi connectivity index (χ4n) is 1.59. The van der Waals surface area contributed by atoms with Crippen LogP contribution in [0.25, 0.3) is 0 Å². The minimum Gasteiger partial charge on any atom is -0.395 e. The second-order valence-corrected chi connectivity index (χ2v) is 4.27. The standard InChI is InChI=1S/C14H15N5O2/c1-10(13-16-9-17-19-13)18-14(21)12-6-5-11(8-15-12)4-2-3-7-20/h5-6,8-10,20H,3,7H2,1H3,(H,18,21)(H,16,17,19). The highest BCUT2D eigenvalue weighted by Crippen LogP contribution is 2.06. The van der Waals surface area contributed by atoms with Crippen LogP contribution in [0.4, 0.5) is 0 Å². The van der Waals surface area contributed by atoms with Crippen molar-refractivity contribution >= 4 is 5.91 Å². The molecule has 0 aliphatic heterocycles. The molecule has 0 fully saturated rings. The van der Waals surface area contributed by atoms with E-state index in [1.54, 1.807) is 19.1 Å². The molecule has 2 aromatic heterocycles. The summed E-state index contributed by atoms with van der Waals surface area (Å²) in [4.78, 5) is 20.1. The molecule has 3 N–H and O–H groups in total. The predicted octanol–water partition coefficient (Wildman–Crippen LogP) is 0.425. The predicted molar refractivity (Wildman–Crippen MR) is 75.1 cm³/mol. The van der Waals surface area contributed by atoms with E-state index in [0.29, 0.717) is 23.5 Å². The summed E-state index contributed by atoms with van der Waals surface area (Å²) in [6.07, 6.45) is 3.32. The van der Waals surface area contributed by atoms with Crippen LogP contribution in [-0.4, -0.2) is 37.8 Å². The quantitative estimate of drug-likeness (QED) is 0.706. The Kier molecular flexibility index (Phi) is 5.01. The monoisotopic (exact) mass is 285 g/mol. The van der Waals surface area contributed by atoms with Gasteiger partial charge in [-0.3, -0.25) is 9.89 Å². The Balaban J connectivity index is 1.98. The molecule has 7 nitrogen and oxygen atoms in total. The molecule has 2 aromatic rings. The van der Waals surface area contributed by atoms with Crippen molar-refractivity contribution in [3.8, 4) is 11.8 Å². The maximum absolute atomic E-state index is 12.0. The molecule has 0 saturated heterocycles. The van der Waals surface area contributed by atoms with Gasteiger partial charge in [-0.25, -0.2) is 9.97 Å². The van der Waals surface area contributed by atoms with Gasteiger partial charge in [0.1, 0.15) is 17.8 Å². The van der Waals surface area contributed by atoms with Crippen molar-refractivity contribution in [1.29, 1.82) is 0 Å². The van der Waals surface area contributed by atoms with Crippen molar-refractivity contribution in [3.05, 3.63) is 41.7 Å².